The van der Waals surface area contributed by atoms with E-state index in [0.717, 1.165) is 11.3 Å². The number of nitrogens with one attached hydrogen (secondary N) is 1. The van der Waals surface area contributed by atoms with Crippen LogP contribution in [-0.4, -0.2) is 51.7 Å². The van der Waals surface area contributed by atoms with E-state index >= 15 is 0 Å². The molecule has 1 amide bonds. The van der Waals surface area contributed by atoms with Gasteiger partial charge in [0.15, 0.2) is 10.8 Å². The van der Waals surface area contributed by atoms with E-state index in [1.807, 2.05) is 0 Å². The van der Waals surface area contributed by atoms with E-state index in [1.54, 1.807) is 18.5 Å². The van der Waals surface area contributed by atoms with Crippen LogP contribution in [0.25, 0.3) is 10.8 Å². The molecule has 0 saturated carbocycles. The summed E-state index contributed by atoms with van der Waals surface area (Å²) in [5.74, 6) is -1.19. The second-order valence-corrected chi connectivity index (χ2v) is 5.28. The molecule has 2 rings (SSSR count). The Bertz CT molecular complexity index is 646. The first-order valence-electron chi connectivity index (χ1n) is 6.37. The largest absolute Gasteiger partial charge is 0.480 e. The molecule has 0 bridgehead atoms. The van der Waals surface area contributed by atoms with Gasteiger partial charge in [-0.2, -0.15) is 0 Å². The van der Waals surface area contributed by atoms with Gasteiger partial charge in [-0.25, -0.2) is 19.7 Å². The predicted molar refractivity (Wildman–Crippen MR) is 78.5 cm³/mol. The molecule has 2 N–H and O–H groups in total. The molecule has 22 heavy (non-hydrogen) atoms. The van der Waals surface area contributed by atoms with Gasteiger partial charge < -0.3 is 15.2 Å². The van der Waals surface area contributed by atoms with E-state index < -0.39 is 17.9 Å². The Morgan fingerprint density at radius 1 is 1.36 bits per heavy atom. The SMILES string of the molecule is COCCC(NC(=O)c1cnc(-c2ncccn2)s1)C(=O)O. The summed E-state index contributed by atoms with van der Waals surface area (Å²) in [4.78, 5) is 35.6. The number of carbonyl (C=O) groups is 2. The highest BCUT2D eigenvalue weighted by Crippen LogP contribution is 2.21. The number of aliphatic carboxylic acids is 1. The first-order chi connectivity index (χ1) is 10.6. The van der Waals surface area contributed by atoms with Crippen molar-refractivity contribution in [3.05, 3.63) is 29.5 Å². The molecule has 0 aliphatic heterocycles. The lowest BCUT2D eigenvalue weighted by Gasteiger charge is -2.12. The van der Waals surface area contributed by atoms with E-state index in [2.05, 4.69) is 20.3 Å². The zero-order valence-electron chi connectivity index (χ0n) is 11.7. The first-order valence-corrected chi connectivity index (χ1v) is 7.19. The van der Waals surface area contributed by atoms with Gasteiger partial charge in [0.2, 0.25) is 0 Å². The fraction of sp³-hybridized carbons (Fsp3) is 0.308. The minimum atomic E-state index is -1.11. The maximum absolute atomic E-state index is 12.1. The van der Waals surface area contributed by atoms with Gasteiger partial charge in [0, 0.05) is 32.5 Å². The van der Waals surface area contributed by atoms with Gasteiger partial charge in [0.05, 0.1) is 6.20 Å². The Balaban J connectivity index is 2.06. The fourth-order valence-corrected chi connectivity index (χ4v) is 2.38. The molecule has 2 aromatic heterocycles. The van der Waals surface area contributed by atoms with Gasteiger partial charge in [-0.15, -0.1) is 11.3 Å². The number of aromatic nitrogens is 3. The molecular weight excluding hydrogens is 308 g/mol. The van der Waals surface area contributed by atoms with Crippen molar-refractivity contribution in [3.63, 3.8) is 0 Å². The quantitative estimate of drug-likeness (QED) is 0.775. The zero-order chi connectivity index (χ0) is 15.9. The van der Waals surface area contributed by atoms with E-state index in [9.17, 15) is 9.59 Å². The molecule has 2 aromatic rings. The number of hydrogen-bond donors (Lipinski definition) is 2. The number of amides is 1. The number of thiazole rings is 1. The van der Waals surface area contributed by atoms with Crippen LogP contribution in [0.5, 0.6) is 0 Å². The van der Waals surface area contributed by atoms with Gasteiger partial charge in [-0.05, 0) is 6.07 Å². The number of nitrogens with zero attached hydrogens (tertiary/aromatic N) is 3. The van der Waals surface area contributed by atoms with Crippen molar-refractivity contribution in [3.8, 4) is 10.8 Å². The molecule has 2 heterocycles. The van der Waals surface area contributed by atoms with Crippen molar-refractivity contribution >= 4 is 23.2 Å². The average Bonchev–Trinajstić information content (AvgIpc) is 3.02. The summed E-state index contributed by atoms with van der Waals surface area (Å²) in [6.07, 6.45) is 4.72. The summed E-state index contributed by atoms with van der Waals surface area (Å²) in [7, 11) is 1.47. The highest BCUT2D eigenvalue weighted by molar-refractivity contribution is 7.16. The number of carboxylic acid groups (broad SMARTS) is 1. The summed E-state index contributed by atoms with van der Waals surface area (Å²) < 4.78 is 4.83. The van der Waals surface area contributed by atoms with Crippen molar-refractivity contribution in [1.29, 1.82) is 0 Å². The van der Waals surface area contributed by atoms with Gasteiger partial charge in [0.1, 0.15) is 10.9 Å². The molecule has 9 heteroatoms. The van der Waals surface area contributed by atoms with Crippen molar-refractivity contribution < 1.29 is 19.4 Å². The van der Waals surface area contributed by atoms with E-state index in [1.165, 1.54) is 13.3 Å². The van der Waals surface area contributed by atoms with Crippen LogP contribution < -0.4 is 5.32 Å². The highest BCUT2D eigenvalue weighted by Gasteiger charge is 2.22. The molecule has 0 aromatic carbocycles. The Kier molecular flexibility index (Phi) is 5.50. The predicted octanol–water partition coefficient (Wildman–Crippen LogP) is 0.820. The molecule has 8 nitrogen and oxygen atoms in total. The Morgan fingerprint density at radius 3 is 2.73 bits per heavy atom. The second kappa shape index (κ2) is 7.57. The van der Waals surface area contributed by atoms with Crippen LogP contribution >= 0.6 is 11.3 Å². The summed E-state index contributed by atoms with van der Waals surface area (Å²) in [5, 5.41) is 12.0. The molecule has 0 radical (unpaired) electrons. The lowest BCUT2D eigenvalue weighted by Crippen LogP contribution is -2.41. The Morgan fingerprint density at radius 2 is 2.09 bits per heavy atom. The number of methoxy groups -OCH3 is 1. The second-order valence-electron chi connectivity index (χ2n) is 4.25. The summed E-state index contributed by atoms with van der Waals surface area (Å²) in [5.41, 5.74) is 0. The van der Waals surface area contributed by atoms with Crippen LogP contribution in [0, 0.1) is 0 Å². The summed E-state index contributed by atoms with van der Waals surface area (Å²) in [6, 6.07) is 0.670. The molecule has 1 atom stereocenters. The van der Waals surface area contributed by atoms with E-state index in [-0.39, 0.29) is 13.0 Å². The maximum Gasteiger partial charge on any atom is 0.326 e. The normalized spacial score (nSPS) is 11.9. The number of hydrogen-bond acceptors (Lipinski definition) is 7. The van der Waals surface area contributed by atoms with Crippen molar-refractivity contribution in [1.82, 2.24) is 20.3 Å². The zero-order valence-corrected chi connectivity index (χ0v) is 12.5. The monoisotopic (exact) mass is 322 g/mol. The van der Waals surface area contributed by atoms with Crippen LogP contribution in [0.4, 0.5) is 0 Å². The van der Waals surface area contributed by atoms with Crippen molar-refractivity contribution in [2.45, 2.75) is 12.5 Å². The molecule has 0 spiro atoms. The molecule has 0 aliphatic rings. The first kappa shape index (κ1) is 16.0. The number of rotatable bonds is 7. The highest BCUT2D eigenvalue weighted by atomic mass is 32.1. The third-order valence-electron chi connectivity index (χ3n) is 2.70. The molecule has 0 aliphatic carbocycles. The van der Waals surface area contributed by atoms with Crippen molar-refractivity contribution in [2.24, 2.45) is 0 Å². The van der Waals surface area contributed by atoms with Crippen LogP contribution in [0.1, 0.15) is 16.1 Å². The lowest BCUT2D eigenvalue weighted by molar-refractivity contribution is -0.139. The average molecular weight is 322 g/mol. The standard InChI is InChI=1S/C13H14N4O4S/c1-21-6-3-8(13(19)20)17-11(18)9-7-16-12(22-9)10-14-4-2-5-15-10/h2,4-5,7-8H,3,6H2,1H3,(H,17,18)(H,19,20). The lowest BCUT2D eigenvalue weighted by atomic mass is 10.2. The summed E-state index contributed by atoms with van der Waals surface area (Å²) >= 11 is 1.10. The van der Waals surface area contributed by atoms with Crippen molar-refractivity contribution in [2.75, 3.05) is 13.7 Å². The molecule has 1 unspecified atom stereocenters. The van der Waals surface area contributed by atoms with Crippen LogP contribution in [0.3, 0.4) is 0 Å². The number of carboxylic acids is 1. The maximum atomic E-state index is 12.1. The fourth-order valence-electron chi connectivity index (χ4n) is 1.61. The topological polar surface area (TPSA) is 114 Å². The third kappa shape index (κ3) is 4.06. The van der Waals surface area contributed by atoms with E-state index in [0.29, 0.717) is 15.7 Å². The molecule has 0 fully saturated rings. The number of carbonyl (C=O) groups excluding carboxylic acids is 1. The van der Waals surface area contributed by atoms with Crippen LogP contribution in [-0.2, 0) is 9.53 Å². The van der Waals surface area contributed by atoms with Crippen LogP contribution in [0.2, 0.25) is 0 Å². The Hall–Kier alpha value is -2.39. The van der Waals surface area contributed by atoms with Gasteiger partial charge in [-0.1, -0.05) is 0 Å². The van der Waals surface area contributed by atoms with Crippen LogP contribution in [0.15, 0.2) is 24.7 Å². The minimum Gasteiger partial charge on any atom is -0.480 e. The van der Waals surface area contributed by atoms with Gasteiger partial charge in [0.25, 0.3) is 5.91 Å². The van der Waals surface area contributed by atoms with Gasteiger partial charge >= 0.3 is 5.97 Å². The molecule has 116 valence electrons. The van der Waals surface area contributed by atoms with E-state index in [4.69, 9.17) is 9.84 Å². The molecular formula is C13H14N4O4S. The minimum absolute atomic E-state index is 0.186. The summed E-state index contributed by atoms with van der Waals surface area (Å²) in [6.45, 7) is 0.239. The third-order valence-corrected chi connectivity index (χ3v) is 3.69. The number of ether oxygens (including phenoxy) is 1. The van der Waals surface area contributed by atoms with Gasteiger partial charge in [-0.3, -0.25) is 4.79 Å². The smallest absolute Gasteiger partial charge is 0.326 e. The molecule has 0 saturated heterocycles. The Labute approximate surface area is 130 Å².